The van der Waals surface area contributed by atoms with Crippen LogP contribution in [0, 0.1) is 0 Å². The topological polar surface area (TPSA) is 52.6 Å². The molecule has 9 aromatic rings. The van der Waals surface area contributed by atoms with Crippen molar-refractivity contribution in [2.45, 2.75) is 38.2 Å². The summed E-state index contributed by atoms with van der Waals surface area (Å²) in [6.07, 6.45) is 1.05. The van der Waals surface area contributed by atoms with E-state index in [2.05, 4.69) is 152 Å². The van der Waals surface area contributed by atoms with Crippen molar-refractivity contribution >= 4 is 76.6 Å². The molecule has 0 saturated heterocycles. The molecule has 0 aromatic heterocycles. The zero-order valence-electron chi connectivity index (χ0n) is 30.5. The molecule has 55 heavy (non-hydrogen) atoms. The molecule has 268 valence electrons. The third-order valence-electron chi connectivity index (χ3n) is 10.9. The van der Waals surface area contributed by atoms with Crippen molar-refractivity contribution in [2.75, 3.05) is 6.61 Å². The minimum Gasteiger partial charge on any atom is -0.465 e. The SMILES string of the molecule is O=C(CCC(=O)OC(Cc1c2ccccc2cc2ccccc12)Cc1c2ccccc2cc2ccccc12)OCCc1cc2ccccc2c2ccccc12. The van der Waals surface area contributed by atoms with Gasteiger partial charge in [0, 0.05) is 19.3 Å². The average Bonchev–Trinajstić information content (AvgIpc) is 3.22. The fourth-order valence-electron chi connectivity index (χ4n) is 8.40. The molecule has 4 heteroatoms. The molecule has 0 radical (unpaired) electrons. The van der Waals surface area contributed by atoms with Crippen molar-refractivity contribution in [2.24, 2.45) is 0 Å². The third kappa shape index (κ3) is 7.00. The summed E-state index contributed by atoms with van der Waals surface area (Å²) in [5.74, 6) is -0.810. The van der Waals surface area contributed by atoms with Gasteiger partial charge in [0.25, 0.3) is 0 Å². The molecule has 0 atom stereocenters. The van der Waals surface area contributed by atoms with Crippen LogP contribution in [-0.4, -0.2) is 24.6 Å². The number of fused-ring (bicyclic) bond motifs is 7. The first-order valence-corrected chi connectivity index (χ1v) is 19.1. The monoisotopic (exact) mass is 716 g/mol. The number of benzene rings is 9. The number of esters is 2. The Morgan fingerprint density at radius 3 is 1.29 bits per heavy atom. The highest BCUT2D eigenvalue weighted by atomic mass is 16.5. The molecular formula is C51H40O4. The fraction of sp³-hybridized carbons (Fsp3) is 0.137. The lowest BCUT2D eigenvalue weighted by molar-refractivity contribution is -0.153. The molecule has 0 spiro atoms. The Labute approximate surface area is 319 Å². The van der Waals surface area contributed by atoms with Crippen LogP contribution in [0.2, 0.25) is 0 Å². The third-order valence-corrected chi connectivity index (χ3v) is 10.9. The van der Waals surface area contributed by atoms with E-state index in [-0.39, 0.29) is 19.4 Å². The van der Waals surface area contributed by atoms with Gasteiger partial charge in [-0.1, -0.05) is 152 Å². The molecule has 9 rings (SSSR count). The standard InChI is InChI=1S/C51H40O4/c52-50(54-28-27-39-31-34-13-1-6-18-41(34)47-24-12-11-19-42(39)47)25-26-51(53)55-40(32-48-43-20-7-2-14-35(43)29-36-15-3-8-21-44(36)48)33-49-45-22-9-4-16-37(45)30-38-17-5-10-23-46(38)49/h1-24,29-31,40H,25-28,32-33H2. The zero-order chi connectivity index (χ0) is 37.1. The highest BCUT2D eigenvalue weighted by molar-refractivity contribution is 6.09. The van der Waals surface area contributed by atoms with Crippen molar-refractivity contribution in [3.05, 3.63) is 180 Å². The molecule has 0 N–H and O–H groups in total. The second-order valence-corrected chi connectivity index (χ2v) is 14.4. The van der Waals surface area contributed by atoms with E-state index in [1.165, 1.54) is 10.8 Å². The molecule has 0 aliphatic carbocycles. The maximum atomic E-state index is 13.7. The Balaban J connectivity index is 0.959. The number of carbonyl (C=O) groups excluding carboxylic acids is 2. The predicted octanol–water partition coefficient (Wildman–Crippen LogP) is 11.9. The van der Waals surface area contributed by atoms with Gasteiger partial charge in [0.05, 0.1) is 19.4 Å². The number of carbonyl (C=O) groups is 2. The van der Waals surface area contributed by atoms with Crippen LogP contribution in [0.25, 0.3) is 64.6 Å². The first kappa shape index (κ1) is 34.3. The molecule has 0 saturated carbocycles. The molecule has 9 aromatic carbocycles. The van der Waals surface area contributed by atoms with Crippen molar-refractivity contribution < 1.29 is 19.1 Å². The van der Waals surface area contributed by atoms with Crippen LogP contribution in [0.4, 0.5) is 0 Å². The van der Waals surface area contributed by atoms with Gasteiger partial charge in [-0.2, -0.15) is 0 Å². The van der Waals surface area contributed by atoms with E-state index in [1.54, 1.807) is 0 Å². The molecule has 0 amide bonds. The van der Waals surface area contributed by atoms with Gasteiger partial charge in [-0.05, 0) is 93.5 Å². The lowest BCUT2D eigenvalue weighted by atomic mass is 9.89. The molecule has 0 bridgehead atoms. The minimum absolute atomic E-state index is 0.0432. The molecule has 0 heterocycles. The number of hydrogen-bond donors (Lipinski definition) is 0. The summed E-state index contributed by atoms with van der Waals surface area (Å²) in [5, 5.41) is 13.9. The second-order valence-electron chi connectivity index (χ2n) is 14.4. The summed E-state index contributed by atoms with van der Waals surface area (Å²) in [5.41, 5.74) is 3.43. The summed E-state index contributed by atoms with van der Waals surface area (Å²) in [4.78, 5) is 26.8. The van der Waals surface area contributed by atoms with Crippen LogP contribution in [0.3, 0.4) is 0 Å². The van der Waals surface area contributed by atoms with E-state index in [4.69, 9.17) is 9.47 Å². The predicted molar refractivity (Wildman–Crippen MR) is 226 cm³/mol. The average molecular weight is 717 g/mol. The lowest BCUT2D eigenvalue weighted by Gasteiger charge is -2.22. The van der Waals surface area contributed by atoms with Crippen molar-refractivity contribution in [1.82, 2.24) is 0 Å². The van der Waals surface area contributed by atoms with Gasteiger partial charge in [0.2, 0.25) is 0 Å². The first-order chi connectivity index (χ1) is 27.1. The van der Waals surface area contributed by atoms with Crippen LogP contribution >= 0.6 is 0 Å². The highest BCUT2D eigenvalue weighted by Gasteiger charge is 2.22. The lowest BCUT2D eigenvalue weighted by Crippen LogP contribution is -2.24. The van der Waals surface area contributed by atoms with Crippen LogP contribution in [0.15, 0.2) is 164 Å². The summed E-state index contributed by atoms with van der Waals surface area (Å²) in [6, 6.07) is 57.0. The molecular weight excluding hydrogens is 677 g/mol. The van der Waals surface area contributed by atoms with E-state index in [9.17, 15) is 9.59 Å². The second kappa shape index (κ2) is 15.1. The largest absolute Gasteiger partial charge is 0.465 e. The molecule has 0 unspecified atom stereocenters. The van der Waals surface area contributed by atoms with E-state index >= 15 is 0 Å². The molecule has 0 aliphatic rings. The normalized spacial score (nSPS) is 11.7. The van der Waals surface area contributed by atoms with E-state index < -0.39 is 18.0 Å². The smallest absolute Gasteiger partial charge is 0.306 e. The summed E-state index contributed by atoms with van der Waals surface area (Å²) >= 11 is 0. The summed E-state index contributed by atoms with van der Waals surface area (Å²) in [7, 11) is 0. The van der Waals surface area contributed by atoms with Gasteiger partial charge in [-0.15, -0.1) is 0 Å². The van der Waals surface area contributed by atoms with Crippen molar-refractivity contribution in [3.8, 4) is 0 Å². The van der Waals surface area contributed by atoms with Gasteiger partial charge in [0.1, 0.15) is 6.10 Å². The fourth-order valence-corrected chi connectivity index (χ4v) is 8.40. The van der Waals surface area contributed by atoms with Gasteiger partial charge in [-0.3, -0.25) is 9.59 Å². The van der Waals surface area contributed by atoms with Crippen LogP contribution < -0.4 is 0 Å². The van der Waals surface area contributed by atoms with Gasteiger partial charge < -0.3 is 9.47 Å². The van der Waals surface area contributed by atoms with Crippen LogP contribution in [0.5, 0.6) is 0 Å². The van der Waals surface area contributed by atoms with Crippen LogP contribution in [-0.2, 0) is 38.3 Å². The van der Waals surface area contributed by atoms with Gasteiger partial charge in [-0.25, -0.2) is 0 Å². The maximum Gasteiger partial charge on any atom is 0.306 e. The first-order valence-electron chi connectivity index (χ1n) is 19.1. The number of ether oxygens (including phenoxy) is 2. The number of hydrogen-bond acceptors (Lipinski definition) is 4. The Kier molecular flexibility index (Phi) is 9.39. The van der Waals surface area contributed by atoms with Crippen molar-refractivity contribution in [1.29, 1.82) is 0 Å². The van der Waals surface area contributed by atoms with E-state index in [0.717, 1.165) is 70.6 Å². The van der Waals surface area contributed by atoms with Gasteiger partial charge in [0.15, 0.2) is 0 Å². The Hall–Kier alpha value is -6.52. The molecule has 0 fully saturated rings. The van der Waals surface area contributed by atoms with Crippen molar-refractivity contribution in [3.63, 3.8) is 0 Å². The Bertz CT molecular complexity index is 2660. The van der Waals surface area contributed by atoms with E-state index in [0.29, 0.717) is 19.3 Å². The Morgan fingerprint density at radius 2 is 0.800 bits per heavy atom. The van der Waals surface area contributed by atoms with E-state index in [1.807, 2.05) is 12.1 Å². The molecule has 4 nitrogen and oxygen atoms in total. The summed E-state index contributed by atoms with van der Waals surface area (Å²) in [6.45, 7) is 0.237. The Morgan fingerprint density at radius 1 is 0.418 bits per heavy atom. The van der Waals surface area contributed by atoms with Gasteiger partial charge >= 0.3 is 11.9 Å². The quantitative estimate of drug-likeness (QED) is 0.0760. The number of rotatable bonds is 11. The highest BCUT2D eigenvalue weighted by Crippen LogP contribution is 2.34. The summed E-state index contributed by atoms with van der Waals surface area (Å²) < 4.78 is 12.1. The zero-order valence-corrected chi connectivity index (χ0v) is 30.5. The minimum atomic E-state index is -0.479. The molecule has 0 aliphatic heterocycles. The van der Waals surface area contributed by atoms with Crippen LogP contribution in [0.1, 0.15) is 29.5 Å². The maximum absolute atomic E-state index is 13.7.